The van der Waals surface area contributed by atoms with Gasteiger partial charge in [0.2, 0.25) is 10.0 Å². The van der Waals surface area contributed by atoms with Crippen molar-refractivity contribution in [2.45, 2.75) is 31.7 Å². The Morgan fingerprint density at radius 1 is 1.21 bits per heavy atom. The van der Waals surface area contributed by atoms with Crippen molar-refractivity contribution >= 4 is 15.9 Å². The van der Waals surface area contributed by atoms with E-state index < -0.39 is 10.0 Å². The number of carbonyl (C=O) groups excluding carboxylic acids is 1. The number of nitrogens with zero attached hydrogens (tertiary/aromatic N) is 1. The first-order valence-corrected chi connectivity index (χ1v) is 9.30. The summed E-state index contributed by atoms with van der Waals surface area (Å²) in [6.07, 6.45) is 0. The van der Waals surface area contributed by atoms with Gasteiger partial charge in [-0.3, -0.25) is 4.79 Å². The molecule has 1 rings (SSSR count). The summed E-state index contributed by atoms with van der Waals surface area (Å²) in [5, 5.41) is 2.73. The van der Waals surface area contributed by atoms with Gasteiger partial charge in [-0.05, 0) is 31.2 Å². The number of carbonyl (C=O) groups is 1. The molecule has 0 spiro atoms. The fourth-order valence-corrected chi connectivity index (χ4v) is 3.64. The normalized spacial score (nSPS) is 12.9. The Labute approximate surface area is 144 Å². The van der Waals surface area contributed by atoms with Gasteiger partial charge in [-0.25, -0.2) is 8.42 Å². The second-order valence-electron chi connectivity index (χ2n) is 5.27. The molecule has 24 heavy (non-hydrogen) atoms. The molecular formula is C16H26N2O5S. The van der Waals surface area contributed by atoms with Gasteiger partial charge in [0, 0.05) is 26.2 Å². The first-order valence-electron chi connectivity index (χ1n) is 7.86. The summed E-state index contributed by atoms with van der Waals surface area (Å²) in [5.74, 6) is 0.169. The summed E-state index contributed by atoms with van der Waals surface area (Å²) in [7, 11) is -1.92. The molecular weight excluding hydrogens is 332 g/mol. The third-order valence-corrected chi connectivity index (χ3v) is 5.43. The molecule has 1 aromatic rings. The van der Waals surface area contributed by atoms with Gasteiger partial charge in [-0.2, -0.15) is 4.31 Å². The molecule has 1 aromatic carbocycles. The Kier molecular flexibility index (Phi) is 8.17. The summed E-state index contributed by atoms with van der Waals surface area (Å²) in [6.45, 7) is 6.52. The Bertz CT molecular complexity index is 612. The van der Waals surface area contributed by atoms with E-state index in [4.69, 9.17) is 9.47 Å². The monoisotopic (exact) mass is 358 g/mol. The average Bonchev–Trinajstić information content (AvgIpc) is 2.54. The molecule has 7 nitrogen and oxygen atoms in total. The zero-order chi connectivity index (χ0) is 18.2. The van der Waals surface area contributed by atoms with E-state index in [0.717, 1.165) is 0 Å². The predicted octanol–water partition coefficient (Wildman–Crippen LogP) is 1.25. The number of hydrogen-bond acceptors (Lipinski definition) is 5. The molecule has 0 heterocycles. The molecule has 0 fully saturated rings. The average molecular weight is 358 g/mol. The van der Waals surface area contributed by atoms with Gasteiger partial charge in [0.1, 0.15) is 5.75 Å². The lowest BCUT2D eigenvalue weighted by Crippen LogP contribution is -2.38. The summed E-state index contributed by atoms with van der Waals surface area (Å²) in [4.78, 5) is 11.9. The zero-order valence-electron chi connectivity index (χ0n) is 14.6. The molecule has 0 radical (unpaired) electrons. The molecule has 0 saturated heterocycles. The number of hydrogen-bond donors (Lipinski definition) is 1. The van der Waals surface area contributed by atoms with Crippen molar-refractivity contribution in [3.05, 3.63) is 24.3 Å². The molecule has 0 aliphatic rings. The van der Waals surface area contributed by atoms with E-state index in [-0.39, 0.29) is 23.5 Å². The van der Waals surface area contributed by atoms with Gasteiger partial charge in [0.25, 0.3) is 5.91 Å². The Morgan fingerprint density at radius 2 is 1.79 bits per heavy atom. The highest BCUT2D eigenvalue weighted by atomic mass is 32.2. The molecule has 0 aromatic heterocycles. The molecule has 0 aliphatic carbocycles. The number of nitrogens with one attached hydrogen (secondary N) is 1. The largest absolute Gasteiger partial charge is 0.484 e. The van der Waals surface area contributed by atoms with Crippen molar-refractivity contribution < 1.29 is 22.7 Å². The van der Waals surface area contributed by atoms with Gasteiger partial charge >= 0.3 is 0 Å². The fourth-order valence-electron chi connectivity index (χ4n) is 2.18. The first-order chi connectivity index (χ1) is 11.3. The van der Waals surface area contributed by atoms with Crippen molar-refractivity contribution in [3.63, 3.8) is 0 Å². The van der Waals surface area contributed by atoms with Crippen LogP contribution in [-0.4, -0.2) is 58.1 Å². The lowest BCUT2D eigenvalue weighted by atomic mass is 10.3. The summed E-state index contributed by atoms with van der Waals surface area (Å²) in [6, 6.07) is 5.94. The smallest absolute Gasteiger partial charge is 0.258 e. The molecule has 1 amide bonds. The lowest BCUT2D eigenvalue weighted by molar-refractivity contribution is -0.124. The third-order valence-electron chi connectivity index (χ3n) is 3.36. The number of rotatable bonds is 10. The molecule has 0 bridgehead atoms. The Hall–Kier alpha value is -1.64. The topological polar surface area (TPSA) is 84.9 Å². The highest BCUT2D eigenvalue weighted by Gasteiger charge is 2.21. The maximum atomic E-state index is 12.4. The molecule has 0 saturated carbocycles. The minimum atomic E-state index is -3.49. The third kappa shape index (κ3) is 5.77. The number of amides is 1. The predicted molar refractivity (Wildman–Crippen MR) is 91.5 cm³/mol. The van der Waals surface area contributed by atoms with Gasteiger partial charge < -0.3 is 14.8 Å². The van der Waals surface area contributed by atoms with Crippen molar-refractivity contribution in [1.29, 1.82) is 0 Å². The highest BCUT2D eigenvalue weighted by Crippen LogP contribution is 2.19. The Balaban J connectivity index is 2.64. The summed E-state index contributed by atoms with van der Waals surface area (Å²) >= 11 is 0. The van der Waals surface area contributed by atoms with Crippen LogP contribution in [0.1, 0.15) is 20.8 Å². The summed E-state index contributed by atoms with van der Waals surface area (Å²) < 4.78 is 36.4. The highest BCUT2D eigenvalue weighted by molar-refractivity contribution is 7.89. The first kappa shape index (κ1) is 20.4. The van der Waals surface area contributed by atoms with E-state index in [0.29, 0.717) is 25.4 Å². The van der Waals surface area contributed by atoms with Crippen LogP contribution < -0.4 is 10.1 Å². The van der Waals surface area contributed by atoms with Crippen molar-refractivity contribution in [2.75, 3.05) is 33.4 Å². The molecule has 1 N–H and O–H groups in total. The minimum Gasteiger partial charge on any atom is -0.484 e. The van der Waals surface area contributed by atoms with Crippen LogP contribution in [0.15, 0.2) is 29.2 Å². The van der Waals surface area contributed by atoms with Crippen molar-refractivity contribution in [3.8, 4) is 5.75 Å². The van der Waals surface area contributed by atoms with Crippen LogP contribution in [-0.2, 0) is 19.6 Å². The SMILES string of the molecule is CCN(CC)S(=O)(=O)c1ccc(OCC(=O)N[C@H](C)COC)cc1. The number of benzene rings is 1. The van der Waals surface area contributed by atoms with Gasteiger partial charge in [0.05, 0.1) is 11.5 Å². The summed E-state index contributed by atoms with van der Waals surface area (Å²) in [5.41, 5.74) is 0. The van der Waals surface area contributed by atoms with Gasteiger partial charge in [-0.15, -0.1) is 0 Å². The lowest BCUT2D eigenvalue weighted by Gasteiger charge is -2.18. The molecule has 1 atom stereocenters. The van der Waals surface area contributed by atoms with Crippen molar-refractivity contribution in [1.82, 2.24) is 9.62 Å². The van der Waals surface area contributed by atoms with Crippen LogP contribution in [0.5, 0.6) is 5.75 Å². The van der Waals surface area contributed by atoms with Gasteiger partial charge in [0.15, 0.2) is 6.61 Å². The maximum Gasteiger partial charge on any atom is 0.258 e. The van der Waals surface area contributed by atoms with E-state index in [1.807, 2.05) is 6.92 Å². The molecule has 136 valence electrons. The standard InChI is InChI=1S/C16H26N2O5S/c1-5-18(6-2)24(20,21)15-9-7-14(8-10-15)23-12-16(19)17-13(3)11-22-4/h7-10,13H,5-6,11-12H2,1-4H3,(H,17,19)/t13-/m1/s1. The van der Waals surface area contributed by atoms with E-state index in [1.54, 1.807) is 33.1 Å². The van der Waals surface area contributed by atoms with E-state index in [9.17, 15) is 13.2 Å². The minimum absolute atomic E-state index is 0.104. The van der Waals surface area contributed by atoms with Crippen molar-refractivity contribution in [2.24, 2.45) is 0 Å². The zero-order valence-corrected chi connectivity index (χ0v) is 15.4. The van der Waals surface area contributed by atoms with E-state index in [2.05, 4.69) is 5.32 Å². The van der Waals surface area contributed by atoms with E-state index in [1.165, 1.54) is 16.4 Å². The van der Waals surface area contributed by atoms with Crippen LogP contribution in [0, 0.1) is 0 Å². The number of sulfonamides is 1. The quantitative estimate of drug-likeness (QED) is 0.680. The fraction of sp³-hybridized carbons (Fsp3) is 0.562. The van der Waals surface area contributed by atoms with Crippen LogP contribution in [0.25, 0.3) is 0 Å². The van der Waals surface area contributed by atoms with Crippen LogP contribution in [0.2, 0.25) is 0 Å². The Morgan fingerprint density at radius 3 is 2.29 bits per heavy atom. The molecule has 8 heteroatoms. The van der Waals surface area contributed by atoms with E-state index >= 15 is 0 Å². The van der Waals surface area contributed by atoms with Crippen LogP contribution >= 0.6 is 0 Å². The second-order valence-corrected chi connectivity index (χ2v) is 7.21. The van der Waals surface area contributed by atoms with Crippen LogP contribution in [0.3, 0.4) is 0 Å². The van der Waals surface area contributed by atoms with Crippen LogP contribution in [0.4, 0.5) is 0 Å². The second kappa shape index (κ2) is 9.61. The van der Waals surface area contributed by atoms with Gasteiger partial charge in [-0.1, -0.05) is 13.8 Å². The molecule has 0 unspecified atom stereocenters. The molecule has 0 aliphatic heterocycles. The maximum absolute atomic E-state index is 12.4. The number of ether oxygens (including phenoxy) is 2. The number of methoxy groups -OCH3 is 1.